The van der Waals surface area contributed by atoms with Gasteiger partial charge in [-0.25, -0.2) is 0 Å². The number of carbonyl (C=O) groups excluding carboxylic acids is 1. The van der Waals surface area contributed by atoms with E-state index >= 15 is 0 Å². The van der Waals surface area contributed by atoms with Crippen molar-refractivity contribution in [3.05, 3.63) is 33.3 Å². The number of hydrogen-bond donors (Lipinski definition) is 0. The van der Waals surface area contributed by atoms with E-state index in [1.165, 1.54) is 6.42 Å². The second-order valence-corrected chi connectivity index (χ2v) is 6.87. The average Bonchev–Trinajstić information content (AvgIpc) is 2.39. The van der Waals surface area contributed by atoms with Crippen LogP contribution in [0.25, 0.3) is 0 Å². The van der Waals surface area contributed by atoms with Gasteiger partial charge < -0.3 is 4.90 Å². The predicted octanol–water partition coefficient (Wildman–Crippen LogP) is 4.75. The lowest BCUT2D eigenvalue weighted by Gasteiger charge is -2.39. The summed E-state index contributed by atoms with van der Waals surface area (Å²) in [6.07, 6.45) is 3.35. The normalized spacial score (nSPS) is 18.4. The van der Waals surface area contributed by atoms with Gasteiger partial charge >= 0.3 is 0 Å². The highest BCUT2D eigenvalue weighted by molar-refractivity contribution is 9.10. The van der Waals surface area contributed by atoms with Crippen LogP contribution in [0.2, 0.25) is 5.02 Å². The quantitative estimate of drug-likeness (QED) is 0.758. The fraction of sp³-hybridized carbons (Fsp3) is 0.533. The monoisotopic (exact) mass is 343 g/mol. The van der Waals surface area contributed by atoms with Crippen LogP contribution in [0.1, 0.15) is 43.5 Å². The van der Waals surface area contributed by atoms with Gasteiger partial charge in [-0.15, -0.1) is 0 Å². The molecular formula is C15H19BrClNO. The topological polar surface area (TPSA) is 20.3 Å². The molecule has 1 amide bonds. The molecule has 0 radical (unpaired) electrons. The summed E-state index contributed by atoms with van der Waals surface area (Å²) in [5, 5.41) is 0.639. The zero-order valence-electron chi connectivity index (χ0n) is 11.4. The molecule has 1 fully saturated rings. The molecule has 1 aliphatic rings. The van der Waals surface area contributed by atoms with Gasteiger partial charge in [0.1, 0.15) is 0 Å². The number of piperidine rings is 1. The van der Waals surface area contributed by atoms with Crippen LogP contribution in [-0.2, 0) is 0 Å². The Morgan fingerprint density at radius 2 is 2.05 bits per heavy atom. The lowest BCUT2D eigenvalue weighted by atomic mass is 9.78. The van der Waals surface area contributed by atoms with Gasteiger partial charge in [0.25, 0.3) is 5.91 Å². The van der Waals surface area contributed by atoms with Gasteiger partial charge in [0.05, 0.1) is 5.56 Å². The molecule has 0 unspecified atom stereocenters. The van der Waals surface area contributed by atoms with Crippen LogP contribution in [0.5, 0.6) is 0 Å². The number of benzene rings is 1. The Morgan fingerprint density at radius 1 is 1.42 bits per heavy atom. The maximum Gasteiger partial charge on any atom is 0.254 e. The van der Waals surface area contributed by atoms with Crippen molar-refractivity contribution in [1.29, 1.82) is 0 Å². The molecule has 0 aromatic heterocycles. The molecule has 1 aromatic rings. The zero-order chi connectivity index (χ0) is 14.0. The molecule has 0 bridgehead atoms. The van der Waals surface area contributed by atoms with E-state index in [0.717, 1.165) is 30.4 Å². The summed E-state index contributed by atoms with van der Waals surface area (Å²) in [4.78, 5) is 14.4. The van der Waals surface area contributed by atoms with Crippen LogP contribution >= 0.6 is 27.5 Å². The molecular weight excluding hydrogens is 326 g/mol. The largest absolute Gasteiger partial charge is 0.339 e. The minimum Gasteiger partial charge on any atom is -0.339 e. The van der Waals surface area contributed by atoms with E-state index in [-0.39, 0.29) is 5.91 Å². The highest BCUT2D eigenvalue weighted by Crippen LogP contribution is 2.34. The minimum atomic E-state index is 0.0988. The van der Waals surface area contributed by atoms with Crippen LogP contribution in [-0.4, -0.2) is 23.9 Å². The Bertz CT molecular complexity index is 481. The molecule has 0 atom stereocenters. The Balaban J connectivity index is 2.09. The van der Waals surface area contributed by atoms with E-state index < -0.39 is 0 Å². The lowest BCUT2D eigenvalue weighted by Crippen LogP contribution is -2.42. The fourth-order valence-corrected chi connectivity index (χ4v) is 3.29. The first-order valence-corrected chi connectivity index (χ1v) is 7.86. The molecule has 1 aromatic carbocycles. The molecule has 2 rings (SSSR count). The second kappa shape index (κ2) is 5.84. The number of carbonyl (C=O) groups is 1. The van der Waals surface area contributed by atoms with Gasteiger partial charge in [-0.2, -0.15) is 0 Å². The molecule has 2 nitrogen and oxygen atoms in total. The van der Waals surface area contributed by atoms with E-state index in [0.29, 0.717) is 16.0 Å². The smallest absolute Gasteiger partial charge is 0.254 e. The van der Waals surface area contributed by atoms with E-state index in [9.17, 15) is 4.79 Å². The van der Waals surface area contributed by atoms with Crippen LogP contribution in [0, 0.1) is 5.41 Å². The summed E-state index contributed by atoms with van der Waals surface area (Å²) in [5.41, 5.74) is 1.10. The zero-order valence-corrected chi connectivity index (χ0v) is 13.7. The molecule has 1 heterocycles. The van der Waals surface area contributed by atoms with Crippen molar-refractivity contribution in [2.75, 3.05) is 13.1 Å². The number of amides is 1. The van der Waals surface area contributed by atoms with Crippen LogP contribution in [0.4, 0.5) is 0 Å². The Kier molecular flexibility index (Phi) is 4.57. The number of hydrogen-bond acceptors (Lipinski definition) is 1. The van der Waals surface area contributed by atoms with Crippen LogP contribution in [0.15, 0.2) is 22.7 Å². The van der Waals surface area contributed by atoms with Gasteiger partial charge in [0, 0.05) is 22.6 Å². The Labute approximate surface area is 128 Å². The molecule has 0 spiro atoms. The molecule has 1 aliphatic heterocycles. The van der Waals surface area contributed by atoms with Gasteiger partial charge in [0.15, 0.2) is 0 Å². The number of likely N-dealkylation sites (tertiary alicyclic amines) is 1. The van der Waals surface area contributed by atoms with E-state index in [1.807, 2.05) is 4.90 Å². The summed E-state index contributed by atoms with van der Waals surface area (Å²) in [6.45, 7) is 6.23. The third kappa shape index (κ3) is 3.32. The first kappa shape index (κ1) is 14.9. The first-order valence-electron chi connectivity index (χ1n) is 6.69. The van der Waals surface area contributed by atoms with Gasteiger partial charge in [-0.1, -0.05) is 31.9 Å². The minimum absolute atomic E-state index is 0.0988. The van der Waals surface area contributed by atoms with Crippen molar-refractivity contribution in [2.24, 2.45) is 5.41 Å². The number of rotatable bonds is 2. The standard InChI is InChI=1S/C15H19BrClNO/c1-3-15(2)6-8-18(9-7-15)14(19)12-5-4-11(17)10-13(12)16/h4-5,10H,3,6-9H2,1-2H3. The van der Waals surface area contributed by atoms with Crippen molar-refractivity contribution in [3.63, 3.8) is 0 Å². The highest BCUT2D eigenvalue weighted by Gasteiger charge is 2.31. The summed E-state index contributed by atoms with van der Waals surface area (Å²) in [6, 6.07) is 5.33. The van der Waals surface area contributed by atoms with Crippen molar-refractivity contribution in [2.45, 2.75) is 33.1 Å². The molecule has 104 valence electrons. The fourth-order valence-electron chi connectivity index (χ4n) is 2.44. The van der Waals surface area contributed by atoms with Crippen LogP contribution < -0.4 is 0 Å². The summed E-state index contributed by atoms with van der Waals surface area (Å²) in [7, 11) is 0. The predicted molar refractivity (Wildman–Crippen MR) is 82.7 cm³/mol. The van der Waals surface area contributed by atoms with Gasteiger partial charge in [-0.05, 0) is 52.4 Å². The molecule has 0 aliphatic carbocycles. The van der Waals surface area contributed by atoms with E-state index in [1.54, 1.807) is 18.2 Å². The molecule has 0 saturated carbocycles. The second-order valence-electron chi connectivity index (χ2n) is 5.58. The van der Waals surface area contributed by atoms with E-state index in [4.69, 9.17) is 11.6 Å². The number of nitrogens with zero attached hydrogens (tertiary/aromatic N) is 1. The van der Waals surface area contributed by atoms with Crippen molar-refractivity contribution in [1.82, 2.24) is 4.90 Å². The first-order chi connectivity index (χ1) is 8.95. The average molecular weight is 345 g/mol. The van der Waals surface area contributed by atoms with Crippen molar-refractivity contribution >= 4 is 33.4 Å². The van der Waals surface area contributed by atoms with Gasteiger partial charge in [0.2, 0.25) is 0 Å². The van der Waals surface area contributed by atoms with Gasteiger partial charge in [-0.3, -0.25) is 4.79 Å². The maximum absolute atomic E-state index is 12.5. The Hall–Kier alpha value is -0.540. The lowest BCUT2D eigenvalue weighted by molar-refractivity contribution is 0.0599. The van der Waals surface area contributed by atoms with Crippen molar-refractivity contribution in [3.8, 4) is 0 Å². The molecule has 19 heavy (non-hydrogen) atoms. The number of halogens is 2. The third-order valence-corrected chi connectivity index (χ3v) is 5.16. The molecule has 4 heteroatoms. The summed E-state index contributed by atoms with van der Waals surface area (Å²) in [5.74, 6) is 0.0988. The highest BCUT2D eigenvalue weighted by atomic mass is 79.9. The maximum atomic E-state index is 12.5. The summed E-state index contributed by atoms with van der Waals surface area (Å²) >= 11 is 9.33. The third-order valence-electron chi connectivity index (χ3n) is 4.27. The summed E-state index contributed by atoms with van der Waals surface area (Å²) < 4.78 is 0.772. The SMILES string of the molecule is CCC1(C)CCN(C(=O)c2ccc(Cl)cc2Br)CC1. The van der Waals surface area contributed by atoms with E-state index in [2.05, 4.69) is 29.8 Å². The van der Waals surface area contributed by atoms with Crippen LogP contribution in [0.3, 0.4) is 0 Å². The Morgan fingerprint density at radius 3 is 2.58 bits per heavy atom. The van der Waals surface area contributed by atoms with Crippen molar-refractivity contribution < 1.29 is 4.79 Å². The molecule has 0 N–H and O–H groups in total. The molecule has 1 saturated heterocycles.